The van der Waals surface area contributed by atoms with Gasteiger partial charge in [-0.05, 0) is 37.0 Å². The molecule has 0 amide bonds. The third kappa shape index (κ3) is 2.44. The number of aliphatic carboxylic acids is 1. The van der Waals surface area contributed by atoms with E-state index in [0.29, 0.717) is 5.02 Å². The van der Waals surface area contributed by atoms with E-state index in [-0.39, 0.29) is 11.6 Å². The number of hydrogen-bond acceptors (Lipinski definition) is 2. The smallest absolute Gasteiger partial charge is 0.326 e. The fraction of sp³-hybridized carbons (Fsp3) is 0.364. The Balaban J connectivity index is 2.15. The van der Waals surface area contributed by atoms with Gasteiger partial charge in [0.25, 0.3) is 0 Å². The van der Waals surface area contributed by atoms with Crippen LogP contribution in [-0.4, -0.2) is 17.1 Å². The van der Waals surface area contributed by atoms with Crippen LogP contribution in [0, 0.1) is 11.7 Å². The summed E-state index contributed by atoms with van der Waals surface area (Å²) in [6, 6.07) is 3.43. The lowest BCUT2D eigenvalue weighted by molar-refractivity contribution is -0.138. The predicted octanol–water partition coefficient (Wildman–Crippen LogP) is 2.75. The third-order valence-corrected chi connectivity index (χ3v) is 2.84. The normalized spacial score (nSPS) is 16.9. The number of halogens is 2. The second kappa shape index (κ2) is 4.29. The number of nitrogens with one attached hydrogen (secondary N) is 1. The summed E-state index contributed by atoms with van der Waals surface area (Å²) in [6.07, 6.45) is 1.75. The highest BCUT2D eigenvalue weighted by molar-refractivity contribution is 6.30. The van der Waals surface area contributed by atoms with Crippen LogP contribution in [0.3, 0.4) is 0 Å². The van der Waals surface area contributed by atoms with Crippen LogP contribution in [0.5, 0.6) is 0 Å². The number of benzene rings is 1. The van der Waals surface area contributed by atoms with Crippen molar-refractivity contribution in [2.45, 2.75) is 18.9 Å². The molecule has 1 saturated carbocycles. The largest absolute Gasteiger partial charge is 0.480 e. The first-order chi connectivity index (χ1) is 7.58. The molecule has 0 heterocycles. The van der Waals surface area contributed by atoms with Gasteiger partial charge in [-0.25, -0.2) is 9.18 Å². The van der Waals surface area contributed by atoms with E-state index in [2.05, 4.69) is 5.32 Å². The minimum Gasteiger partial charge on any atom is -0.480 e. The van der Waals surface area contributed by atoms with E-state index < -0.39 is 17.8 Å². The van der Waals surface area contributed by atoms with E-state index in [1.165, 1.54) is 12.1 Å². The van der Waals surface area contributed by atoms with Crippen molar-refractivity contribution in [3.05, 3.63) is 29.0 Å². The first-order valence-electron chi connectivity index (χ1n) is 5.02. The fourth-order valence-electron chi connectivity index (χ4n) is 1.58. The molecular formula is C11H11ClFNO2. The number of carboxylic acids is 1. The zero-order valence-electron chi connectivity index (χ0n) is 8.41. The number of hydrogen-bond donors (Lipinski definition) is 2. The number of carbonyl (C=O) groups is 1. The van der Waals surface area contributed by atoms with Crippen molar-refractivity contribution in [3.8, 4) is 0 Å². The van der Waals surface area contributed by atoms with E-state index in [9.17, 15) is 9.18 Å². The van der Waals surface area contributed by atoms with Crippen molar-refractivity contribution >= 4 is 23.3 Å². The van der Waals surface area contributed by atoms with Crippen molar-refractivity contribution in [2.75, 3.05) is 5.32 Å². The molecule has 1 unspecified atom stereocenters. The minimum atomic E-state index is -0.947. The SMILES string of the molecule is O=C(O)C(Nc1ccc(Cl)cc1F)C1CC1. The standard InChI is InChI=1S/C11H11ClFNO2/c12-7-3-4-9(8(13)5-7)14-10(11(15)16)6-1-2-6/h3-6,10,14H,1-2H2,(H,15,16). The molecule has 1 aromatic rings. The van der Waals surface area contributed by atoms with Crippen LogP contribution in [0.25, 0.3) is 0 Å². The summed E-state index contributed by atoms with van der Waals surface area (Å²) >= 11 is 5.61. The first-order valence-corrected chi connectivity index (χ1v) is 5.40. The molecule has 1 aromatic carbocycles. The summed E-state index contributed by atoms with van der Waals surface area (Å²) in [4.78, 5) is 11.0. The van der Waals surface area contributed by atoms with Crippen LogP contribution in [0.2, 0.25) is 5.02 Å². The molecule has 5 heteroatoms. The van der Waals surface area contributed by atoms with Crippen molar-refractivity contribution in [1.29, 1.82) is 0 Å². The van der Waals surface area contributed by atoms with Gasteiger partial charge < -0.3 is 10.4 Å². The first kappa shape index (κ1) is 11.2. The highest BCUT2D eigenvalue weighted by Crippen LogP contribution is 2.35. The van der Waals surface area contributed by atoms with E-state index in [1.807, 2.05) is 0 Å². The molecule has 3 nitrogen and oxygen atoms in total. The monoisotopic (exact) mass is 243 g/mol. The highest BCUT2D eigenvalue weighted by atomic mass is 35.5. The van der Waals surface area contributed by atoms with Crippen molar-refractivity contribution < 1.29 is 14.3 Å². The molecular weight excluding hydrogens is 233 g/mol. The maximum absolute atomic E-state index is 13.4. The molecule has 16 heavy (non-hydrogen) atoms. The van der Waals surface area contributed by atoms with E-state index in [1.54, 1.807) is 0 Å². The summed E-state index contributed by atoms with van der Waals surface area (Å²) in [5, 5.41) is 12.0. The molecule has 0 aromatic heterocycles. The Bertz CT molecular complexity index is 420. The Hall–Kier alpha value is -1.29. The molecule has 2 rings (SSSR count). The lowest BCUT2D eigenvalue weighted by Gasteiger charge is -2.15. The summed E-state index contributed by atoms with van der Waals surface area (Å²) in [6.45, 7) is 0. The Labute approximate surface area is 97.2 Å². The van der Waals surface area contributed by atoms with E-state index in [4.69, 9.17) is 16.7 Å². The zero-order chi connectivity index (χ0) is 11.7. The van der Waals surface area contributed by atoms with Gasteiger partial charge in [0.05, 0.1) is 5.69 Å². The second-order valence-corrected chi connectivity index (χ2v) is 4.36. The highest BCUT2D eigenvalue weighted by Gasteiger charge is 2.36. The number of rotatable bonds is 4. The molecule has 0 spiro atoms. The molecule has 0 radical (unpaired) electrons. The summed E-state index contributed by atoms with van der Waals surface area (Å²) in [7, 11) is 0. The molecule has 1 aliphatic carbocycles. The van der Waals surface area contributed by atoms with Gasteiger partial charge in [0.15, 0.2) is 0 Å². The second-order valence-electron chi connectivity index (χ2n) is 3.92. The third-order valence-electron chi connectivity index (χ3n) is 2.60. The van der Waals surface area contributed by atoms with Gasteiger partial charge in [-0.1, -0.05) is 11.6 Å². The molecule has 86 valence electrons. The van der Waals surface area contributed by atoms with Crippen LogP contribution in [0.1, 0.15) is 12.8 Å². The quantitative estimate of drug-likeness (QED) is 0.855. The Morgan fingerprint density at radius 3 is 2.75 bits per heavy atom. The van der Waals surface area contributed by atoms with Crippen LogP contribution in [-0.2, 0) is 4.79 Å². The van der Waals surface area contributed by atoms with Crippen LogP contribution in [0.4, 0.5) is 10.1 Å². The molecule has 0 bridgehead atoms. The number of anilines is 1. The molecule has 0 aliphatic heterocycles. The number of carboxylic acid groups (broad SMARTS) is 1. The van der Waals surface area contributed by atoms with E-state index >= 15 is 0 Å². The van der Waals surface area contributed by atoms with Crippen molar-refractivity contribution in [3.63, 3.8) is 0 Å². The summed E-state index contributed by atoms with van der Waals surface area (Å²) in [5.74, 6) is -1.37. The zero-order valence-corrected chi connectivity index (χ0v) is 9.17. The lowest BCUT2D eigenvalue weighted by atomic mass is 10.1. The van der Waals surface area contributed by atoms with Gasteiger partial charge >= 0.3 is 5.97 Å². The maximum atomic E-state index is 13.4. The Morgan fingerprint density at radius 2 is 2.25 bits per heavy atom. The van der Waals surface area contributed by atoms with Crippen LogP contribution < -0.4 is 5.32 Å². The van der Waals surface area contributed by atoms with Gasteiger partial charge in [-0.15, -0.1) is 0 Å². The minimum absolute atomic E-state index is 0.104. The van der Waals surface area contributed by atoms with Crippen molar-refractivity contribution in [2.24, 2.45) is 5.92 Å². The molecule has 1 atom stereocenters. The van der Waals surface area contributed by atoms with Crippen LogP contribution >= 0.6 is 11.6 Å². The van der Waals surface area contributed by atoms with E-state index in [0.717, 1.165) is 18.9 Å². The fourth-order valence-corrected chi connectivity index (χ4v) is 1.74. The van der Waals surface area contributed by atoms with Crippen molar-refractivity contribution in [1.82, 2.24) is 0 Å². The Morgan fingerprint density at radius 1 is 1.56 bits per heavy atom. The average molecular weight is 244 g/mol. The predicted molar refractivity (Wildman–Crippen MR) is 59.2 cm³/mol. The molecule has 2 N–H and O–H groups in total. The summed E-state index contributed by atoms with van der Waals surface area (Å²) in [5.41, 5.74) is 0.184. The lowest BCUT2D eigenvalue weighted by Crippen LogP contribution is -2.31. The van der Waals surface area contributed by atoms with Gasteiger partial charge in [0, 0.05) is 5.02 Å². The van der Waals surface area contributed by atoms with Gasteiger partial charge in [0.1, 0.15) is 11.9 Å². The maximum Gasteiger partial charge on any atom is 0.326 e. The molecule has 0 saturated heterocycles. The Kier molecular flexibility index (Phi) is 3.01. The topological polar surface area (TPSA) is 49.3 Å². The van der Waals surface area contributed by atoms with Gasteiger partial charge in [0.2, 0.25) is 0 Å². The molecule has 1 aliphatic rings. The summed E-state index contributed by atoms with van der Waals surface area (Å²) < 4.78 is 13.4. The van der Waals surface area contributed by atoms with Gasteiger partial charge in [-0.3, -0.25) is 0 Å². The molecule has 1 fully saturated rings. The average Bonchev–Trinajstić information content (AvgIpc) is 2.99. The van der Waals surface area contributed by atoms with Gasteiger partial charge in [-0.2, -0.15) is 0 Å². The van der Waals surface area contributed by atoms with Crippen LogP contribution in [0.15, 0.2) is 18.2 Å².